The quantitative estimate of drug-likeness (QED) is 0.793. The van der Waals surface area contributed by atoms with Crippen molar-refractivity contribution in [3.05, 3.63) is 52.5 Å². The molecule has 0 fully saturated rings. The molecule has 1 heterocycles. The van der Waals surface area contributed by atoms with E-state index in [1.165, 1.54) is 12.1 Å². The number of alkyl halides is 3. The minimum Gasteiger partial charge on any atom is -0.326 e. The van der Waals surface area contributed by atoms with Crippen LogP contribution < -0.4 is 5.32 Å². The van der Waals surface area contributed by atoms with Crippen molar-refractivity contribution >= 4 is 23.2 Å². The van der Waals surface area contributed by atoms with Gasteiger partial charge in [-0.3, -0.25) is 4.79 Å². The van der Waals surface area contributed by atoms with Gasteiger partial charge in [-0.1, -0.05) is 23.7 Å². The van der Waals surface area contributed by atoms with Crippen molar-refractivity contribution in [1.82, 2.24) is 0 Å². The molecule has 1 N–H and O–H groups in total. The van der Waals surface area contributed by atoms with Gasteiger partial charge in [0.1, 0.15) is 0 Å². The second-order valence-corrected chi connectivity index (χ2v) is 5.52. The van der Waals surface area contributed by atoms with Crippen molar-refractivity contribution in [2.75, 3.05) is 5.32 Å². The lowest BCUT2D eigenvalue weighted by Crippen LogP contribution is -2.18. The number of fused-ring (bicyclic) bond motifs is 1. The van der Waals surface area contributed by atoms with E-state index in [1.807, 2.05) is 6.07 Å². The van der Waals surface area contributed by atoms with Crippen molar-refractivity contribution in [3.8, 4) is 11.1 Å². The number of aryl methyl sites for hydroxylation is 1. The molecule has 0 spiro atoms. The van der Waals surface area contributed by atoms with Crippen LogP contribution in [-0.2, 0) is 17.4 Å². The highest BCUT2D eigenvalue weighted by molar-refractivity contribution is 6.31. The van der Waals surface area contributed by atoms with Gasteiger partial charge in [0.2, 0.25) is 5.91 Å². The minimum atomic E-state index is -4.46. The average molecular weight is 326 g/mol. The minimum absolute atomic E-state index is 0.0298. The van der Waals surface area contributed by atoms with Gasteiger partial charge in [-0.05, 0) is 47.4 Å². The van der Waals surface area contributed by atoms with Gasteiger partial charge in [-0.25, -0.2) is 0 Å². The van der Waals surface area contributed by atoms with Gasteiger partial charge in [0, 0.05) is 12.1 Å². The third-order valence-electron chi connectivity index (χ3n) is 3.61. The molecule has 2 nitrogen and oxygen atoms in total. The van der Waals surface area contributed by atoms with Crippen LogP contribution in [0.4, 0.5) is 18.9 Å². The molecule has 1 amide bonds. The molecule has 2 aromatic carbocycles. The fourth-order valence-corrected chi connectivity index (χ4v) is 2.78. The number of halogens is 4. The average Bonchev–Trinajstić information content (AvgIpc) is 2.45. The molecule has 1 aliphatic heterocycles. The van der Waals surface area contributed by atoms with Gasteiger partial charge in [-0.15, -0.1) is 0 Å². The summed E-state index contributed by atoms with van der Waals surface area (Å²) in [7, 11) is 0. The van der Waals surface area contributed by atoms with E-state index < -0.39 is 11.7 Å². The Hall–Kier alpha value is -2.01. The van der Waals surface area contributed by atoms with Crippen LogP contribution in [0.1, 0.15) is 17.5 Å². The van der Waals surface area contributed by atoms with Crippen LogP contribution in [0.3, 0.4) is 0 Å². The molecular formula is C16H11ClF3NO. The predicted molar refractivity (Wildman–Crippen MR) is 78.8 cm³/mol. The summed E-state index contributed by atoms with van der Waals surface area (Å²) in [4.78, 5) is 11.3. The summed E-state index contributed by atoms with van der Waals surface area (Å²) >= 11 is 5.75. The van der Waals surface area contributed by atoms with Crippen LogP contribution in [0.15, 0.2) is 36.4 Å². The normalized spacial score (nSPS) is 14.5. The SMILES string of the molecule is O=C1CCc2cc(-c3ccc(C(F)(F)F)c(Cl)c3)ccc2N1. The first kappa shape index (κ1) is 14.9. The van der Waals surface area contributed by atoms with E-state index in [0.29, 0.717) is 18.4 Å². The van der Waals surface area contributed by atoms with E-state index in [2.05, 4.69) is 5.32 Å². The molecule has 0 radical (unpaired) electrons. The number of hydrogen-bond acceptors (Lipinski definition) is 1. The molecule has 0 saturated carbocycles. The summed E-state index contributed by atoms with van der Waals surface area (Å²) in [6.45, 7) is 0. The van der Waals surface area contributed by atoms with E-state index in [-0.39, 0.29) is 10.9 Å². The number of nitrogens with one attached hydrogen (secondary N) is 1. The molecule has 6 heteroatoms. The number of benzene rings is 2. The fraction of sp³-hybridized carbons (Fsp3) is 0.188. The lowest BCUT2D eigenvalue weighted by molar-refractivity contribution is -0.137. The molecule has 3 rings (SSSR count). The number of amides is 1. The first-order valence-corrected chi connectivity index (χ1v) is 7.02. The number of carbonyl (C=O) groups is 1. The Morgan fingerprint density at radius 3 is 2.36 bits per heavy atom. The molecule has 0 aromatic heterocycles. The smallest absolute Gasteiger partial charge is 0.326 e. The van der Waals surface area contributed by atoms with Crippen LogP contribution in [0.5, 0.6) is 0 Å². The van der Waals surface area contributed by atoms with Gasteiger partial charge in [0.15, 0.2) is 0 Å². The number of rotatable bonds is 1. The van der Waals surface area contributed by atoms with E-state index >= 15 is 0 Å². The summed E-state index contributed by atoms with van der Waals surface area (Å²) in [6.07, 6.45) is -3.44. The summed E-state index contributed by atoms with van der Waals surface area (Å²) < 4.78 is 38.2. The number of anilines is 1. The lowest BCUT2D eigenvalue weighted by Gasteiger charge is -2.18. The summed E-state index contributed by atoms with van der Waals surface area (Å²) in [5, 5.41) is 2.44. The molecule has 0 atom stereocenters. The zero-order valence-corrected chi connectivity index (χ0v) is 12.1. The zero-order chi connectivity index (χ0) is 15.9. The number of carbonyl (C=O) groups excluding carboxylic acids is 1. The zero-order valence-electron chi connectivity index (χ0n) is 11.3. The van der Waals surface area contributed by atoms with Crippen LogP contribution in [0, 0.1) is 0 Å². The van der Waals surface area contributed by atoms with Crippen LogP contribution in [0.2, 0.25) is 5.02 Å². The molecule has 0 bridgehead atoms. The highest BCUT2D eigenvalue weighted by atomic mass is 35.5. The second kappa shape index (κ2) is 5.32. The Labute approximate surface area is 129 Å². The first-order chi connectivity index (χ1) is 10.3. The van der Waals surface area contributed by atoms with E-state index in [0.717, 1.165) is 22.9 Å². The molecular weight excluding hydrogens is 315 g/mol. The second-order valence-electron chi connectivity index (χ2n) is 5.11. The monoisotopic (exact) mass is 325 g/mol. The summed E-state index contributed by atoms with van der Waals surface area (Å²) in [6, 6.07) is 9.08. The van der Waals surface area contributed by atoms with E-state index in [1.54, 1.807) is 12.1 Å². The van der Waals surface area contributed by atoms with Gasteiger partial charge >= 0.3 is 6.18 Å². The largest absolute Gasteiger partial charge is 0.417 e. The van der Waals surface area contributed by atoms with Crippen LogP contribution in [0.25, 0.3) is 11.1 Å². The summed E-state index contributed by atoms with van der Waals surface area (Å²) in [5.41, 5.74) is 2.25. The third-order valence-corrected chi connectivity index (χ3v) is 3.92. The lowest BCUT2D eigenvalue weighted by atomic mass is 9.96. The van der Waals surface area contributed by atoms with Crippen molar-refractivity contribution in [2.24, 2.45) is 0 Å². The Kier molecular flexibility index (Phi) is 3.60. The third kappa shape index (κ3) is 2.81. The molecule has 0 aliphatic carbocycles. The molecule has 1 aliphatic rings. The molecule has 0 unspecified atom stereocenters. The van der Waals surface area contributed by atoms with Crippen LogP contribution >= 0.6 is 11.6 Å². The Bertz CT molecular complexity index is 756. The maximum atomic E-state index is 12.7. The number of hydrogen-bond donors (Lipinski definition) is 1. The molecule has 2 aromatic rings. The first-order valence-electron chi connectivity index (χ1n) is 6.64. The van der Waals surface area contributed by atoms with Gasteiger partial charge in [-0.2, -0.15) is 13.2 Å². The van der Waals surface area contributed by atoms with Crippen molar-refractivity contribution in [3.63, 3.8) is 0 Å². The van der Waals surface area contributed by atoms with Gasteiger partial charge in [0.05, 0.1) is 10.6 Å². The van der Waals surface area contributed by atoms with E-state index in [9.17, 15) is 18.0 Å². The Balaban J connectivity index is 1.98. The molecule has 22 heavy (non-hydrogen) atoms. The maximum absolute atomic E-state index is 12.7. The predicted octanol–water partition coefficient (Wildman–Crippen LogP) is 4.91. The van der Waals surface area contributed by atoms with Gasteiger partial charge < -0.3 is 5.32 Å². The standard InChI is InChI=1S/C16H11ClF3NO/c17-13-8-10(1-4-12(13)16(18,19)20)9-2-5-14-11(7-9)3-6-15(22)21-14/h1-2,4-5,7-8H,3,6H2,(H,21,22). The van der Waals surface area contributed by atoms with Crippen LogP contribution in [-0.4, -0.2) is 5.91 Å². The van der Waals surface area contributed by atoms with Crippen molar-refractivity contribution < 1.29 is 18.0 Å². The van der Waals surface area contributed by atoms with Gasteiger partial charge in [0.25, 0.3) is 0 Å². The maximum Gasteiger partial charge on any atom is 0.417 e. The van der Waals surface area contributed by atoms with E-state index in [4.69, 9.17) is 11.6 Å². The Morgan fingerprint density at radius 2 is 1.68 bits per heavy atom. The topological polar surface area (TPSA) is 29.1 Å². The highest BCUT2D eigenvalue weighted by Gasteiger charge is 2.33. The molecule has 0 saturated heterocycles. The van der Waals surface area contributed by atoms with Crippen molar-refractivity contribution in [1.29, 1.82) is 0 Å². The summed E-state index contributed by atoms with van der Waals surface area (Å²) in [5.74, 6) is -0.0298. The highest BCUT2D eigenvalue weighted by Crippen LogP contribution is 2.37. The van der Waals surface area contributed by atoms with Crippen molar-refractivity contribution in [2.45, 2.75) is 19.0 Å². The Morgan fingerprint density at radius 1 is 1.00 bits per heavy atom. The molecule has 114 valence electrons. The fourth-order valence-electron chi connectivity index (χ4n) is 2.49.